The van der Waals surface area contributed by atoms with E-state index in [1.807, 2.05) is 0 Å². The highest BCUT2D eigenvalue weighted by Gasteiger charge is 2.36. The Labute approximate surface area is 80.2 Å². The van der Waals surface area contributed by atoms with Gasteiger partial charge in [-0.1, -0.05) is 19.9 Å². The molecular weight excluding hydrogens is 160 g/mol. The topological polar surface area (TPSA) is 17.1 Å². The maximum atomic E-state index is 11.6. The third-order valence-electron chi connectivity index (χ3n) is 3.64. The summed E-state index contributed by atoms with van der Waals surface area (Å²) in [6, 6.07) is 0. The lowest BCUT2D eigenvalue weighted by Crippen LogP contribution is -2.28. The first-order valence-corrected chi connectivity index (χ1v) is 5.43. The van der Waals surface area contributed by atoms with Gasteiger partial charge >= 0.3 is 0 Å². The van der Waals surface area contributed by atoms with Crippen LogP contribution in [-0.4, -0.2) is 5.78 Å². The predicted octanol–water partition coefficient (Wildman–Crippen LogP) is 2.96. The largest absolute Gasteiger partial charge is 0.295 e. The minimum Gasteiger partial charge on any atom is -0.295 e. The molecule has 13 heavy (non-hydrogen) atoms. The number of carbonyl (C=O) groups is 1. The smallest absolute Gasteiger partial charge is 0.158 e. The molecule has 0 bridgehead atoms. The molecule has 0 heterocycles. The highest BCUT2D eigenvalue weighted by molar-refractivity contribution is 5.97. The first-order valence-electron chi connectivity index (χ1n) is 5.43. The zero-order chi connectivity index (χ0) is 9.42. The lowest BCUT2D eigenvalue weighted by Gasteiger charge is -2.32. The Balaban J connectivity index is 2.20. The van der Waals surface area contributed by atoms with Crippen LogP contribution in [0.5, 0.6) is 0 Å². The summed E-state index contributed by atoms with van der Waals surface area (Å²) in [5.41, 5.74) is 1.17. The lowest BCUT2D eigenvalue weighted by molar-refractivity contribution is -0.118. The SMILES string of the molecule is CC(C)[C@@H]1CCC(=O)C2=CCC[C@H]21. The fraction of sp³-hybridized carbons (Fsp3) is 0.750. The molecule has 0 spiro atoms. The second kappa shape index (κ2) is 3.28. The second-order valence-electron chi connectivity index (χ2n) is 4.71. The number of hydrogen-bond acceptors (Lipinski definition) is 1. The molecule has 2 atom stereocenters. The lowest BCUT2D eigenvalue weighted by atomic mass is 9.71. The van der Waals surface area contributed by atoms with E-state index in [-0.39, 0.29) is 0 Å². The molecule has 0 unspecified atom stereocenters. The van der Waals surface area contributed by atoms with Crippen molar-refractivity contribution in [1.29, 1.82) is 0 Å². The Hall–Kier alpha value is -0.590. The maximum Gasteiger partial charge on any atom is 0.158 e. The number of rotatable bonds is 1. The summed E-state index contributed by atoms with van der Waals surface area (Å²) in [6.07, 6.45) is 6.46. The van der Waals surface area contributed by atoms with Crippen LogP contribution in [0.15, 0.2) is 11.6 Å². The molecule has 1 saturated carbocycles. The van der Waals surface area contributed by atoms with Gasteiger partial charge < -0.3 is 0 Å². The number of hydrogen-bond donors (Lipinski definition) is 0. The van der Waals surface area contributed by atoms with Gasteiger partial charge in [0.05, 0.1) is 0 Å². The summed E-state index contributed by atoms with van der Waals surface area (Å²) in [7, 11) is 0. The van der Waals surface area contributed by atoms with Crippen molar-refractivity contribution in [3.8, 4) is 0 Å². The van der Waals surface area contributed by atoms with Crippen LogP contribution in [0.25, 0.3) is 0 Å². The third kappa shape index (κ3) is 1.45. The average Bonchev–Trinajstić information content (AvgIpc) is 2.53. The fourth-order valence-electron chi connectivity index (χ4n) is 2.93. The molecule has 0 aliphatic heterocycles. The minimum absolute atomic E-state index is 0.430. The molecule has 72 valence electrons. The van der Waals surface area contributed by atoms with E-state index in [4.69, 9.17) is 0 Å². The molecule has 2 rings (SSSR count). The van der Waals surface area contributed by atoms with Crippen molar-refractivity contribution in [3.63, 3.8) is 0 Å². The Bertz CT molecular complexity index is 250. The van der Waals surface area contributed by atoms with Crippen molar-refractivity contribution < 1.29 is 4.79 Å². The number of allylic oxidation sites excluding steroid dienone is 2. The first kappa shape index (κ1) is 8.98. The van der Waals surface area contributed by atoms with Crippen molar-refractivity contribution in [2.24, 2.45) is 17.8 Å². The second-order valence-corrected chi connectivity index (χ2v) is 4.71. The molecule has 0 aromatic carbocycles. The van der Waals surface area contributed by atoms with Gasteiger partial charge in [-0.2, -0.15) is 0 Å². The molecule has 0 amide bonds. The van der Waals surface area contributed by atoms with Crippen LogP contribution >= 0.6 is 0 Å². The van der Waals surface area contributed by atoms with E-state index in [1.165, 1.54) is 12.0 Å². The van der Waals surface area contributed by atoms with Gasteiger partial charge in [0.25, 0.3) is 0 Å². The maximum absolute atomic E-state index is 11.6. The Morgan fingerprint density at radius 2 is 2.15 bits per heavy atom. The summed E-state index contributed by atoms with van der Waals surface area (Å²) >= 11 is 0. The molecule has 1 nitrogen and oxygen atoms in total. The van der Waals surface area contributed by atoms with E-state index < -0.39 is 0 Å². The molecule has 0 radical (unpaired) electrons. The van der Waals surface area contributed by atoms with E-state index in [0.717, 1.165) is 31.1 Å². The Morgan fingerprint density at radius 1 is 1.38 bits per heavy atom. The van der Waals surface area contributed by atoms with Crippen molar-refractivity contribution in [2.75, 3.05) is 0 Å². The standard InChI is InChI=1S/C12H18O/c1-8(2)9-6-7-12(13)11-5-3-4-10(9)11/h5,8-10H,3-4,6-7H2,1-2H3/t9-,10-/m0/s1. The molecule has 2 aliphatic rings. The van der Waals surface area contributed by atoms with Crippen LogP contribution in [0.1, 0.15) is 39.5 Å². The summed E-state index contributed by atoms with van der Waals surface area (Å²) in [5.74, 6) is 2.55. The van der Waals surface area contributed by atoms with Crippen LogP contribution in [0, 0.1) is 17.8 Å². The molecule has 0 aromatic rings. The average molecular weight is 178 g/mol. The van der Waals surface area contributed by atoms with E-state index in [9.17, 15) is 4.79 Å². The highest BCUT2D eigenvalue weighted by atomic mass is 16.1. The van der Waals surface area contributed by atoms with Crippen LogP contribution in [0.2, 0.25) is 0 Å². The van der Waals surface area contributed by atoms with Crippen LogP contribution in [0.3, 0.4) is 0 Å². The normalized spacial score (nSPS) is 33.5. The van der Waals surface area contributed by atoms with Gasteiger partial charge in [0, 0.05) is 6.42 Å². The van der Waals surface area contributed by atoms with Crippen LogP contribution < -0.4 is 0 Å². The van der Waals surface area contributed by atoms with Crippen molar-refractivity contribution >= 4 is 5.78 Å². The van der Waals surface area contributed by atoms with Crippen molar-refractivity contribution in [3.05, 3.63) is 11.6 Å². The molecule has 2 aliphatic carbocycles. The van der Waals surface area contributed by atoms with Crippen LogP contribution in [0.4, 0.5) is 0 Å². The monoisotopic (exact) mass is 178 g/mol. The number of Topliss-reactive ketones (excluding diaryl/α,β-unsaturated/α-hetero) is 1. The van der Waals surface area contributed by atoms with Gasteiger partial charge in [0.1, 0.15) is 0 Å². The van der Waals surface area contributed by atoms with Gasteiger partial charge in [-0.05, 0) is 42.6 Å². The summed E-state index contributed by atoms with van der Waals surface area (Å²) in [6.45, 7) is 4.58. The zero-order valence-corrected chi connectivity index (χ0v) is 8.55. The van der Waals surface area contributed by atoms with Gasteiger partial charge in [-0.25, -0.2) is 0 Å². The molecule has 0 saturated heterocycles. The Kier molecular flexibility index (Phi) is 2.27. The zero-order valence-electron chi connectivity index (χ0n) is 8.55. The molecule has 0 aromatic heterocycles. The molecular formula is C12H18O. The van der Waals surface area contributed by atoms with Gasteiger partial charge in [-0.15, -0.1) is 0 Å². The van der Waals surface area contributed by atoms with Gasteiger partial charge in [-0.3, -0.25) is 4.79 Å². The molecule has 1 heteroatoms. The molecule has 0 N–H and O–H groups in total. The first-order chi connectivity index (χ1) is 6.20. The van der Waals surface area contributed by atoms with Gasteiger partial charge in [0.15, 0.2) is 5.78 Å². The summed E-state index contributed by atoms with van der Waals surface area (Å²) in [5, 5.41) is 0. The van der Waals surface area contributed by atoms with Crippen molar-refractivity contribution in [2.45, 2.75) is 39.5 Å². The van der Waals surface area contributed by atoms with E-state index >= 15 is 0 Å². The summed E-state index contributed by atoms with van der Waals surface area (Å²) < 4.78 is 0. The Morgan fingerprint density at radius 3 is 2.85 bits per heavy atom. The fourth-order valence-corrected chi connectivity index (χ4v) is 2.93. The summed E-state index contributed by atoms with van der Waals surface area (Å²) in [4.78, 5) is 11.6. The van der Waals surface area contributed by atoms with E-state index in [2.05, 4.69) is 19.9 Å². The van der Waals surface area contributed by atoms with E-state index in [0.29, 0.717) is 11.7 Å². The minimum atomic E-state index is 0.430. The van der Waals surface area contributed by atoms with Crippen LogP contribution in [-0.2, 0) is 4.79 Å². The quantitative estimate of drug-likeness (QED) is 0.603. The number of carbonyl (C=O) groups excluding carboxylic acids is 1. The molecule has 1 fully saturated rings. The van der Waals surface area contributed by atoms with Gasteiger partial charge in [0.2, 0.25) is 0 Å². The van der Waals surface area contributed by atoms with E-state index in [1.54, 1.807) is 0 Å². The number of fused-ring (bicyclic) bond motifs is 1. The van der Waals surface area contributed by atoms with Crippen molar-refractivity contribution in [1.82, 2.24) is 0 Å². The third-order valence-corrected chi connectivity index (χ3v) is 3.64. The highest BCUT2D eigenvalue weighted by Crippen LogP contribution is 2.42. The number of ketones is 1. The predicted molar refractivity (Wildman–Crippen MR) is 53.4 cm³/mol.